The SMILES string of the molecule is COC(=O)[C@H](Cc1cc(F)cc(F)c1)NC(C)=O. The number of amides is 1. The van der Waals surface area contributed by atoms with E-state index in [2.05, 4.69) is 10.1 Å². The fourth-order valence-electron chi connectivity index (χ4n) is 1.55. The molecule has 0 saturated heterocycles. The predicted molar refractivity (Wildman–Crippen MR) is 59.7 cm³/mol. The van der Waals surface area contributed by atoms with Gasteiger partial charge in [-0.3, -0.25) is 4.79 Å². The highest BCUT2D eigenvalue weighted by molar-refractivity contribution is 5.83. The highest BCUT2D eigenvalue weighted by atomic mass is 19.1. The normalized spacial score (nSPS) is 11.8. The standard InChI is InChI=1S/C12H13F2NO3/c1-7(16)15-11(12(17)18-2)5-8-3-9(13)6-10(14)4-8/h3-4,6,11H,5H2,1-2H3,(H,15,16)/t11-/m0/s1. The molecular weight excluding hydrogens is 244 g/mol. The lowest BCUT2D eigenvalue weighted by molar-refractivity contribution is -0.144. The third-order valence-electron chi connectivity index (χ3n) is 2.23. The quantitative estimate of drug-likeness (QED) is 0.824. The second kappa shape index (κ2) is 6.09. The number of ether oxygens (including phenoxy) is 1. The largest absolute Gasteiger partial charge is 0.467 e. The molecule has 0 aliphatic heterocycles. The van der Waals surface area contributed by atoms with E-state index in [0.717, 1.165) is 18.2 Å². The number of rotatable bonds is 4. The van der Waals surface area contributed by atoms with Gasteiger partial charge in [-0.05, 0) is 17.7 Å². The minimum absolute atomic E-state index is 0.0407. The lowest BCUT2D eigenvalue weighted by Crippen LogP contribution is -2.42. The molecule has 1 aromatic rings. The molecule has 1 N–H and O–H groups in total. The van der Waals surface area contributed by atoms with Crippen LogP contribution in [0.5, 0.6) is 0 Å². The van der Waals surface area contributed by atoms with Crippen molar-refractivity contribution in [3.63, 3.8) is 0 Å². The van der Waals surface area contributed by atoms with Crippen LogP contribution in [0.4, 0.5) is 8.78 Å². The second-order valence-corrected chi connectivity index (χ2v) is 3.76. The van der Waals surface area contributed by atoms with Gasteiger partial charge in [0.05, 0.1) is 7.11 Å². The number of hydrogen-bond donors (Lipinski definition) is 1. The van der Waals surface area contributed by atoms with Crippen molar-refractivity contribution in [2.24, 2.45) is 0 Å². The molecule has 1 rings (SSSR count). The molecule has 18 heavy (non-hydrogen) atoms. The molecule has 0 aliphatic carbocycles. The summed E-state index contributed by atoms with van der Waals surface area (Å²) in [5, 5.41) is 2.36. The molecule has 0 saturated carbocycles. The van der Waals surface area contributed by atoms with Crippen molar-refractivity contribution in [1.29, 1.82) is 0 Å². The summed E-state index contributed by atoms with van der Waals surface area (Å²) in [6.45, 7) is 1.24. The van der Waals surface area contributed by atoms with E-state index >= 15 is 0 Å². The summed E-state index contributed by atoms with van der Waals surface area (Å²) in [6.07, 6.45) is -0.0407. The van der Waals surface area contributed by atoms with Gasteiger partial charge in [0.25, 0.3) is 0 Å². The van der Waals surface area contributed by atoms with Crippen molar-refractivity contribution < 1.29 is 23.1 Å². The Morgan fingerprint density at radius 3 is 2.28 bits per heavy atom. The van der Waals surface area contributed by atoms with Crippen molar-refractivity contribution in [3.05, 3.63) is 35.4 Å². The van der Waals surface area contributed by atoms with Gasteiger partial charge in [0, 0.05) is 19.4 Å². The number of nitrogens with one attached hydrogen (secondary N) is 1. The number of carbonyl (C=O) groups excluding carboxylic acids is 2. The van der Waals surface area contributed by atoms with E-state index in [1.54, 1.807) is 0 Å². The van der Waals surface area contributed by atoms with Crippen LogP contribution in [0.15, 0.2) is 18.2 Å². The number of esters is 1. The highest BCUT2D eigenvalue weighted by Gasteiger charge is 2.21. The summed E-state index contributed by atoms with van der Waals surface area (Å²) in [5.41, 5.74) is 0.261. The minimum atomic E-state index is -0.964. The van der Waals surface area contributed by atoms with Crippen LogP contribution >= 0.6 is 0 Å². The molecule has 1 aromatic carbocycles. The van der Waals surface area contributed by atoms with E-state index in [9.17, 15) is 18.4 Å². The molecule has 0 aromatic heterocycles. The smallest absolute Gasteiger partial charge is 0.328 e. The molecule has 98 valence electrons. The van der Waals surface area contributed by atoms with Gasteiger partial charge in [0.15, 0.2) is 0 Å². The Morgan fingerprint density at radius 1 is 1.28 bits per heavy atom. The van der Waals surface area contributed by atoms with Gasteiger partial charge in [-0.2, -0.15) is 0 Å². The molecule has 1 atom stereocenters. The number of benzene rings is 1. The van der Waals surface area contributed by atoms with Gasteiger partial charge in [-0.15, -0.1) is 0 Å². The highest BCUT2D eigenvalue weighted by Crippen LogP contribution is 2.10. The van der Waals surface area contributed by atoms with Crippen molar-refractivity contribution >= 4 is 11.9 Å². The first-order chi connectivity index (χ1) is 8.42. The Balaban J connectivity index is 2.88. The summed E-state index contributed by atoms with van der Waals surface area (Å²) in [4.78, 5) is 22.3. The monoisotopic (exact) mass is 257 g/mol. The Hall–Kier alpha value is -1.98. The van der Waals surface area contributed by atoms with Crippen LogP contribution in [-0.2, 0) is 20.7 Å². The van der Waals surface area contributed by atoms with Crippen molar-refractivity contribution in [2.45, 2.75) is 19.4 Å². The molecule has 0 bridgehead atoms. The summed E-state index contributed by atoms with van der Waals surface area (Å²) in [5.74, 6) is -2.58. The maximum Gasteiger partial charge on any atom is 0.328 e. The first kappa shape index (κ1) is 14.1. The molecule has 0 unspecified atom stereocenters. The topological polar surface area (TPSA) is 55.4 Å². The minimum Gasteiger partial charge on any atom is -0.467 e. The van der Waals surface area contributed by atoms with E-state index in [-0.39, 0.29) is 12.0 Å². The second-order valence-electron chi connectivity index (χ2n) is 3.76. The van der Waals surface area contributed by atoms with Crippen LogP contribution in [0.25, 0.3) is 0 Å². The number of carbonyl (C=O) groups is 2. The number of methoxy groups -OCH3 is 1. The molecule has 1 amide bonds. The van der Waals surface area contributed by atoms with Gasteiger partial charge in [-0.1, -0.05) is 0 Å². The van der Waals surface area contributed by atoms with E-state index < -0.39 is 29.6 Å². The first-order valence-electron chi connectivity index (χ1n) is 5.22. The van der Waals surface area contributed by atoms with Gasteiger partial charge >= 0.3 is 5.97 Å². The maximum absolute atomic E-state index is 13.0. The molecule has 6 heteroatoms. The Kier molecular flexibility index (Phi) is 4.76. The summed E-state index contributed by atoms with van der Waals surface area (Å²) < 4.78 is 30.5. The lowest BCUT2D eigenvalue weighted by atomic mass is 10.1. The summed E-state index contributed by atoms with van der Waals surface area (Å²) in [6, 6.07) is 1.96. The van der Waals surface area contributed by atoms with Crippen molar-refractivity contribution in [1.82, 2.24) is 5.32 Å². The Labute approximate surface area is 103 Å². The van der Waals surface area contributed by atoms with Crippen LogP contribution in [-0.4, -0.2) is 25.0 Å². The molecular formula is C12H13F2NO3. The molecule has 0 radical (unpaired) electrons. The van der Waals surface area contributed by atoms with Crippen LogP contribution in [0.3, 0.4) is 0 Å². The third kappa shape index (κ3) is 4.12. The number of halogens is 2. The fourth-order valence-corrected chi connectivity index (χ4v) is 1.55. The maximum atomic E-state index is 13.0. The van der Waals surface area contributed by atoms with E-state index in [1.807, 2.05) is 0 Å². The van der Waals surface area contributed by atoms with E-state index in [1.165, 1.54) is 14.0 Å². The van der Waals surface area contributed by atoms with Gasteiger partial charge < -0.3 is 10.1 Å². The van der Waals surface area contributed by atoms with Crippen molar-refractivity contribution in [3.8, 4) is 0 Å². The van der Waals surface area contributed by atoms with Crippen LogP contribution in [0.1, 0.15) is 12.5 Å². The van der Waals surface area contributed by atoms with Gasteiger partial charge in [0.1, 0.15) is 17.7 Å². The fraction of sp³-hybridized carbons (Fsp3) is 0.333. The van der Waals surface area contributed by atoms with E-state index in [4.69, 9.17) is 0 Å². The molecule has 4 nitrogen and oxygen atoms in total. The zero-order valence-corrected chi connectivity index (χ0v) is 10.00. The van der Waals surface area contributed by atoms with Gasteiger partial charge in [0.2, 0.25) is 5.91 Å². The Bertz CT molecular complexity index is 442. The lowest BCUT2D eigenvalue weighted by Gasteiger charge is -2.15. The van der Waals surface area contributed by atoms with Crippen LogP contribution in [0, 0.1) is 11.6 Å². The van der Waals surface area contributed by atoms with Crippen molar-refractivity contribution in [2.75, 3.05) is 7.11 Å². The Morgan fingerprint density at radius 2 is 1.83 bits per heavy atom. The molecule has 0 aliphatic rings. The summed E-state index contributed by atoms with van der Waals surface area (Å²) in [7, 11) is 1.17. The zero-order valence-electron chi connectivity index (χ0n) is 10.00. The predicted octanol–water partition coefficient (Wildman–Crippen LogP) is 1.18. The number of hydrogen-bond acceptors (Lipinski definition) is 3. The van der Waals surface area contributed by atoms with E-state index in [0.29, 0.717) is 0 Å². The molecule has 0 fully saturated rings. The first-order valence-corrected chi connectivity index (χ1v) is 5.22. The van der Waals surface area contributed by atoms with Crippen LogP contribution < -0.4 is 5.32 Å². The molecule has 0 spiro atoms. The zero-order chi connectivity index (χ0) is 13.7. The average molecular weight is 257 g/mol. The van der Waals surface area contributed by atoms with Crippen LogP contribution in [0.2, 0.25) is 0 Å². The third-order valence-corrected chi connectivity index (χ3v) is 2.23. The van der Waals surface area contributed by atoms with Gasteiger partial charge in [-0.25, -0.2) is 13.6 Å². The summed E-state index contributed by atoms with van der Waals surface area (Å²) >= 11 is 0. The average Bonchev–Trinajstić information content (AvgIpc) is 2.25. The molecule has 0 heterocycles.